The highest BCUT2D eigenvalue weighted by Gasteiger charge is 2.30. The van der Waals surface area contributed by atoms with Crippen molar-refractivity contribution >= 4 is 11.6 Å². The van der Waals surface area contributed by atoms with Crippen LogP contribution in [0.5, 0.6) is 0 Å². The van der Waals surface area contributed by atoms with Crippen molar-refractivity contribution in [2.24, 2.45) is 0 Å². The van der Waals surface area contributed by atoms with Gasteiger partial charge in [-0.3, -0.25) is 9.89 Å². The van der Waals surface area contributed by atoms with E-state index in [1.165, 1.54) is 0 Å². The number of carbonyl (C=O) groups excluding carboxylic acids is 1. The van der Waals surface area contributed by atoms with Gasteiger partial charge < -0.3 is 20.9 Å². The van der Waals surface area contributed by atoms with E-state index in [0.29, 0.717) is 24.6 Å². The number of ether oxygens (including phenoxy) is 1. The summed E-state index contributed by atoms with van der Waals surface area (Å²) in [7, 11) is 1.57. The lowest BCUT2D eigenvalue weighted by atomic mass is 10.0. The maximum Gasteiger partial charge on any atom is 0.274 e. The third-order valence-corrected chi connectivity index (χ3v) is 3.51. The molecule has 2 rings (SSSR count). The topological polar surface area (TPSA) is 113 Å². The minimum absolute atomic E-state index is 0.125. The first-order chi connectivity index (χ1) is 9.44. The number of H-pyrrole nitrogens is 1. The van der Waals surface area contributed by atoms with Gasteiger partial charge in [-0.1, -0.05) is 0 Å². The molecule has 5 N–H and O–H groups in total. The monoisotopic (exact) mass is 282 g/mol. The van der Waals surface area contributed by atoms with Crippen LogP contribution >= 0.6 is 0 Å². The first kappa shape index (κ1) is 14.8. The Morgan fingerprint density at radius 1 is 1.65 bits per heavy atom. The average Bonchev–Trinajstić information content (AvgIpc) is 3.17. The van der Waals surface area contributed by atoms with Gasteiger partial charge in [0.2, 0.25) is 0 Å². The second-order valence-corrected chi connectivity index (χ2v) is 5.60. The van der Waals surface area contributed by atoms with E-state index in [4.69, 9.17) is 10.5 Å². The lowest BCUT2D eigenvalue weighted by Gasteiger charge is -2.22. The number of rotatable bonds is 7. The Labute approximate surface area is 117 Å². The Bertz CT molecular complexity index is 480. The van der Waals surface area contributed by atoms with Crippen LogP contribution in [-0.2, 0) is 4.74 Å². The molecule has 1 atom stereocenters. The average molecular weight is 282 g/mol. The highest BCUT2D eigenvalue weighted by atomic mass is 16.5. The number of hydrogen-bond donors (Lipinski definition) is 4. The summed E-state index contributed by atoms with van der Waals surface area (Å²) in [4.78, 5) is 12.0. The maximum absolute atomic E-state index is 12.0. The fourth-order valence-corrected chi connectivity index (χ4v) is 1.99. The van der Waals surface area contributed by atoms with E-state index in [0.717, 1.165) is 18.5 Å². The molecule has 7 heteroatoms. The molecular formula is C13H22N4O3. The number of aliphatic hydroxyl groups is 1. The molecule has 0 saturated heterocycles. The molecule has 1 unspecified atom stereocenters. The number of methoxy groups -OCH3 is 1. The zero-order valence-electron chi connectivity index (χ0n) is 11.9. The molecule has 1 aromatic heterocycles. The van der Waals surface area contributed by atoms with Crippen molar-refractivity contribution in [2.75, 3.05) is 26.0 Å². The standard InChI is InChI=1S/C13H22N4O3/c1-13(19,5-6-20-2)7-15-12(18)11-9(14)10(16-17-11)8-3-4-8/h8,19H,3-7,14H2,1-2H3,(H,15,18)(H,16,17). The Balaban J connectivity index is 1.91. The van der Waals surface area contributed by atoms with E-state index in [2.05, 4.69) is 15.5 Å². The molecule has 0 aromatic carbocycles. The van der Waals surface area contributed by atoms with Crippen molar-refractivity contribution in [1.29, 1.82) is 0 Å². The second kappa shape index (κ2) is 5.80. The van der Waals surface area contributed by atoms with Crippen LogP contribution in [0.1, 0.15) is 48.3 Å². The number of hydrogen-bond acceptors (Lipinski definition) is 5. The van der Waals surface area contributed by atoms with Gasteiger partial charge in [0.05, 0.1) is 17.0 Å². The molecule has 0 aliphatic heterocycles. The van der Waals surface area contributed by atoms with Crippen molar-refractivity contribution in [3.05, 3.63) is 11.4 Å². The largest absolute Gasteiger partial charge is 0.395 e. The van der Waals surface area contributed by atoms with Gasteiger partial charge in [-0.2, -0.15) is 5.10 Å². The molecule has 1 fully saturated rings. The minimum Gasteiger partial charge on any atom is -0.395 e. The zero-order chi connectivity index (χ0) is 14.8. The number of anilines is 1. The Morgan fingerprint density at radius 2 is 2.35 bits per heavy atom. The number of nitrogen functional groups attached to an aromatic ring is 1. The lowest BCUT2D eigenvalue weighted by Crippen LogP contribution is -2.41. The molecule has 1 aliphatic carbocycles. The molecule has 1 aromatic rings. The number of aromatic nitrogens is 2. The van der Waals surface area contributed by atoms with Crippen LogP contribution in [0.25, 0.3) is 0 Å². The Kier molecular flexibility index (Phi) is 4.29. The van der Waals surface area contributed by atoms with E-state index < -0.39 is 5.60 Å². The fourth-order valence-electron chi connectivity index (χ4n) is 1.99. The quantitative estimate of drug-likeness (QED) is 0.577. The van der Waals surface area contributed by atoms with Crippen molar-refractivity contribution in [3.63, 3.8) is 0 Å². The van der Waals surface area contributed by atoms with Gasteiger partial charge >= 0.3 is 0 Å². The predicted molar refractivity (Wildman–Crippen MR) is 74.4 cm³/mol. The molecule has 20 heavy (non-hydrogen) atoms. The van der Waals surface area contributed by atoms with Gasteiger partial charge in [-0.15, -0.1) is 0 Å². The van der Waals surface area contributed by atoms with Crippen LogP contribution in [0.3, 0.4) is 0 Å². The molecule has 1 heterocycles. The van der Waals surface area contributed by atoms with Crippen molar-refractivity contribution in [3.8, 4) is 0 Å². The summed E-state index contributed by atoms with van der Waals surface area (Å²) < 4.78 is 4.91. The molecule has 0 bridgehead atoms. The summed E-state index contributed by atoms with van der Waals surface area (Å²) in [5.41, 5.74) is 6.38. The highest BCUT2D eigenvalue weighted by molar-refractivity contribution is 5.97. The molecular weight excluding hydrogens is 260 g/mol. The summed E-state index contributed by atoms with van der Waals surface area (Å²) >= 11 is 0. The molecule has 0 spiro atoms. The van der Waals surface area contributed by atoms with Gasteiger partial charge in [-0.25, -0.2) is 0 Å². The summed E-state index contributed by atoms with van der Waals surface area (Å²) in [5, 5.41) is 19.5. The first-order valence-electron chi connectivity index (χ1n) is 6.78. The van der Waals surface area contributed by atoms with Gasteiger partial charge in [-0.05, 0) is 19.8 Å². The fraction of sp³-hybridized carbons (Fsp3) is 0.692. The van der Waals surface area contributed by atoms with Gasteiger partial charge in [0.25, 0.3) is 5.91 Å². The number of nitrogens with one attached hydrogen (secondary N) is 2. The third kappa shape index (κ3) is 3.49. The smallest absolute Gasteiger partial charge is 0.274 e. The van der Waals surface area contributed by atoms with E-state index in [9.17, 15) is 9.90 Å². The summed E-state index contributed by atoms with van der Waals surface area (Å²) in [6, 6.07) is 0. The van der Waals surface area contributed by atoms with Crippen LogP contribution in [-0.4, -0.2) is 47.1 Å². The second-order valence-electron chi connectivity index (χ2n) is 5.60. The lowest BCUT2D eigenvalue weighted by molar-refractivity contribution is 0.0243. The summed E-state index contributed by atoms with van der Waals surface area (Å²) in [6.07, 6.45) is 2.60. The van der Waals surface area contributed by atoms with E-state index >= 15 is 0 Å². The first-order valence-corrected chi connectivity index (χ1v) is 6.78. The van der Waals surface area contributed by atoms with E-state index in [1.807, 2.05) is 0 Å². The Morgan fingerprint density at radius 3 is 2.95 bits per heavy atom. The number of nitrogens with two attached hydrogens (primary N) is 1. The number of amides is 1. The molecule has 0 radical (unpaired) electrons. The molecule has 112 valence electrons. The molecule has 1 saturated carbocycles. The van der Waals surface area contributed by atoms with Gasteiger partial charge in [0.15, 0.2) is 5.69 Å². The van der Waals surface area contributed by atoms with Crippen LogP contribution in [0, 0.1) is 0 Å². The zero-order valence-corrected chi connectivity index (χ0v) is 11.9. The van der Waals surface area contributed by atoms with Crippen molar-refractivity contribution < 1.29 is 14.6 Å². The highest BCUT2D eigenvalue weighted by Crippen LogP contribution is 2.42. The minimum atomic E-state index is -1.02. The SMILES string of the molecule is COCCC(C)(O)CNC(=O)c1n[nH]c(C2CC2)c1N. The summed E-state index contributed by atoms with van der Waals surface area (Å²) in [5.74, 6) is 0.0391. The van der Waals surface area contributed by atoms with E-state index in [-0.39, 0.29) is 18.1 Å². The number of aromatic amines is 1. The van der Waals surface area contributed by atoms with Crippen molar-refractivity contribution in [2.45, 2.75) is 37.7 Å². The Hall–Kier alpha value is -1.60. The molecule has 1 amide bonds. The van der Waals surface area contributed by atoms with Crippen LogP contribution in [0.15, 0.2) is 0 Å². The van der Waals surface area contributed by atoms with Gasteiger partial charge in [0, 0.05) is 32.6 Å². The van der Waals surface area contributed by atoms with Crippen LogP contribution in [0.2, 0.25) is 0 Å². The van der Waals surface area contributed by atoms with Crippen LogP contribution in [0.4, 0.5) is 5.69 Å². The summed E-state index contributed by atoms with van der Waals surface area (Å²) in [6.45, 7) is 2.20. The normalized spacial score (nSPS) is 17.8. The number of carbonyl (C=O) groups is 1. The van der Waals surface area contributed by atoms with Crippen molar-refractivity contribution in [1.82, 2.24) is 15.5 Å². The molecule has 7 nitrogen and oxygen atoms in total. The van der Waals surface area contributed by atoms with Gasteiger partial charge in [0.1, 0.15) is 0 Å². The predicted octanol–water partition coefficient (Wildman–Crippen LogP) is 0.387. The third-order valence-electron chi connectivity index (χ3n) is 3.51. The number of nitrogens with zero attached hydrogens (tertiary/aromatic N) is 1. The maximum atomic E-state index is 12.0. The van der Waals surface area contributed by atoms with Crippen LogP contribution < -0.4 is 11.1 Å². The van der Waals surface area contributed by atoms with E-state index in [1.54, 1.807) is 14.0 Å². The molecule has 1 aliphatic rings.